The van der Waals surface area contributed by atoms with Crippen molar-refractivity contribution < 1.29 is 13.9 Å². The molecule has 2 rings (SSSR count). The van der Waals surface area contributed by atoms with Crippen LogP contribution >= 0.6 is 0 Å². The van der Waals surface area contributed by atoms with E-state index >= 15 is 0 Å². The van der Waals surface area contributed by atoms with Gasteiger partial charge in [-0.2, -0.15) is 0 Å². The Kier molecular flexibility index (Phi) is 5.49. The van der Waals surface area contributed by atoms with Gasteiger partial charge < -0.3 is 15.0 Å². The van der Waals surface area contributed by atoms with Gasteiger partial charge in [0.2, 0.25) is 5.91 Å². The number of halogens is 1. The first-order chi connectivity index (χ1) is 9.70. The highest BCUT2D eigenvalue weighted by molar-refractivity contribution is 5.76. The lowest BCUT2D eigenvalue weighted by molar-refractivity contribution is -0.138. The largest absolute Gasteiger partial charge is 0.370 e. The van der Waals surface area contributed by atoms with Gasteiger partial charge in [-0.3, -0.25) is 4.79 Å². The molecule has 1 fully saturated rings. The van der Waals surface area contributed by atoms with E-state index in [9.17, 15) is 9.18 Å². The van der Waals surface area contributed by atoms with Crippen LogP contribution in [0.2, 0.25) is 0 Å². The van der Waals surface area contributed by atoms with E-state index in [0.717, 1.165) is 12.1 Å². The van der Waals surface area contributed by atoms with Crippen molar-refractivity contribution in [2.75, 3.05) is 32.8 Å². The summed E-state index contributed by atoms with van der Waals surface area (Å²) in [6, 6.07) is 6.27. The third kappa shape index (κ3) is 4.02. The Hall–Kier alpha value is -1.46. The lowest BCUT2D eigenvalue weighted by Crippen LogP contribution is -2.43. The van der Waals surface area contributed by atoms with Gasteiger partial charge in [0.1, 0.15) is 11.9 Å². The Bertz CT molecular complexity index is 436. The standard InChI is InChI=1S/C15H21FN2O2/c1-2-17-8-7-15(19)18-9-10-20-14(11-18)12-3-5-13(16)6-4-12/h3-6,14,17H,2,7-11H2,1H3. The summed E-state index contributed by atoms with van der Waals surface area (Å²) in [4.78, 5) is 13.9. The maximum absolute atomic E-state index is 12.9. The first-order valence-electron chi connectivity index (χ1n) is 7.06. The third-order valence-electron chi connectivity index (χ3n) is 3.43. The molecule has 0 bridgehead atoms. The average molecular weight is 280 g/mol. The van der Waals surface area contributed by atoms with Crippen molar-refractivity contribution in [3.63, 3.8) is 0 Å². The summed E-state index contributed by atoms with van der Waals surface area (Å²) in [5.74, 6) is -0.121. The number of benzene rings is 1. The van der Waals surface area contributed by atoms with Crippen LogP contribution in [-0.2, 0) is 9.53 Å². The summed E-state index contributed by atoms with van der Waals surface area (Å²) in [7, 11) is 0. The molecule has 20 heavy (non-hydrogen) atoms. The summed E-state index contributed by atoms with van der Waals surface area (Å²) >= 11 is 0. The molecule has 1 unspecified atom stereocenters. The van der Waals surface area contributed by atoms with E-state index in [1.54, 1.807) is 12.1 Å². The van der Waals surface area contributed by atoms with Gasteiger partial charge in [0, 0.05) is 19.5 Å². The number of nitrogens with one attached hydrogen (secondary N) is 1. The van der Waals surface area contributed by atoms with Crippen LogP contribution in [0.25, 0.3) is 0 Å². The zero-order chi connectivity index (χ0) is 14.4. The van der Waals surface area contributed by atoms with Crippen LogP contribution in [0.4, 0.5) is 4.39 Å². The number of amides is 1. The van der Waals surface area contributed by atoms with Crippen molar-refractivity contribution in [1.82, 2.24) is 10.2 Å². The summed E-state index contributed by atoms with van der Waals surface area (Å²) < 4.78 is 18.6. The predicted octanol–water partition coefficient (Wildman–Crippen LogP) is 1.73. The lowest BCUT2D eigenvalue weighted by atomic mass is 10.1. The molecule has 0 saturated carbocycles. The van der Waals surface area contributed by atoms with Gasteiger partial charge in [-0.1, -0.05) is 19.1 Å². The number of carbonyl (C=O) groups is 1. The van der Waals surface area contributed by atoms with Crippen molar-refractivity contribution in [2.24, 2.45) is 0 Å². The molecule has 1 aliphatic rings. The second kappa shape index (κ2) is 7.36. The van der Waals surface area contributed by atoms with Crippen LogP contribution in [-0.4, -0.2) is 43.6 Å². The quantitative estimate of drug-likeness (QED) is 0.835. The Morgan fingerprint density at radius 1 is 1.45 bits per heavy atom. The molecule has 1 N–H and O–H groups in total. The van der Waals surface area contributed by atoms with Crippen LogP contribution in [0.5, 0.6) is 0 Å². The first-order valence-corrected chi connectivity index (χ1v) is 7.06. The summed E-state index contributed by atoms with van der Waals surface area (Å²) in [6.45, 7) is 5.28. The van der Waals surface area contributed by atoms with E-state index in [0.29, 0.717) is 32.7 Å². The number of hydrogen-bond donors (Lipinski definition) is 1. The molecule has 0 radical (unpaired) electrons. The Morgan fingerprint density at radius 2 is 2.20 bits per heavy atom. The Labute approximate surface area is 118 Å². The van der Waals surface area contributed by atoms with Crippen LogP contribution in [0, 0.1) is 5.82 Å². The molecule has 0 aromatic heterocycles. The predicted molar refractivity (Wildman–Crippen MR) is 74.8 cm³/mol. The van der Waals surface area contributed by atoms with Crippen LogP contribution in [0.15, 0.2) is 24.3 Å². The van der Waals surface area contributed by atoms with Crippen molar-refractivity contribution in [3.05, 3.63) is 35.6 Å². The minimum Gasteiger partial charge on any atom is -0.370 e. The number of hydrogen-bond acceptors (Lipinski definition) is 3. The molecule has 0 aliphatic carbocycles. The average Bonchev–Trinajstić information content (AvgIpc) is 2.48. The minimum absolute atomic E-state index is 0.140. The van der Waals surface area contributed by atoms with E-state index in [4.69, 9.17) is 4.74 Å². The fraction of sp³-hybridized carbons (Fsp3) is 0.533. The SMILES string of the molecule is CCNCCC(=O)N1CCOC(c2ccc(F)cc2)C1. The second-order valence-electron chi connectivity index (χ2n) is 4.85. The van der Waals surface area contributed by atoms with Gasteiger partial charge in [0.05, 0.1) is 13.2 Å². The number of carbonyl (C=O) groups excluding carboxylic acids is 1. The molecule has 1 aromatic carbocycles. The van der Waals surface area contributed by atoms with E-state index in [-0.39, 0.29) is 17.8 Å². The maximum atomic E-state index is 12.9. The molecule has 1 aromatic rings. The van der Waals surface area contributed by atoms with Crippen LogP contribution < -0.4 is 5.32 Å². The normalized spacial score (nSPS) is 19.1. The van der Waals surface area contributed by atoms with Gasteiger partial charge >= 0.3 is 0 Å². The van der Waals surface area contributed by atoms with Gasteiger partial charge in [0.25, 0.3) is 0 Å². The molecular formula is C15H21FN2O2. The first kappa shape index (κ1) is 14.9. The number of rotatable bonds is 5. The number of morpholine rings is 1. The highest BCUT2D eigenvalue weighted by Gasteiger charge is 2.24. The maximum Gasteiger partial charge on any atom is 0.224 e. The monoisotopic (exact) mass is 280 g/mol. The lowest BCUT2D eigenvalue weighted by Gasteiger charge is -2.33. The highest BCUT2D eigenvalue weighted by atomic mass is 19.1. The molecule has 5 heteroatoms. The van der Waals surface area contributed by atoms with Crippen LogP contribution in [0.3, 0.4) is 0 Å². The molecule has 1 aliphatic heterocycles. The zero-order valence-electron chi connectivity index (χ0n) is 11.8. The van der Waals surface area contributed by atoms with Crippen molar-refractivity contribution in [2.45, 2.75) is 19.4 Å². The smallest absolute Gasteiger partial charge is 0.224 e. The van der Waals surface area contributed by atoms with Crippen molar-refractivity contribution in [3.8, 4) is 0 Å². The molecule has 110 valence electrons. The van der Waals surface area contributed by atoms with Gasteiger partial charge in [-0.25, -0.2) is 4.39 Å². The number of nitrogens with zero attached hydrogens (tertiary/aromatic N) is 1. The summed E-state index contributed by atoms with van der Waals surface area (Å²) in [5.41, 5.74) is 0.913. The van der Waals surface area contributed by atoms with E-state index in [1.807, 2.05) is 11.8 Å². The molecule has 4 nitrogen and oxygen atoms in total. The molecule has 0 spiro atoms. The Balaban J connectivity index is 1.91. The van der Waals surface area contributed by atoms with E-state index in [1.165, 1.54) is 12.1 Å². The van der Waals surface area contributed by atoms with Gasteiger partial charge in [-0.05, 0) is 24.2 Å². The minimum atomic E-state index is -0.261. The number of ether oxygens (including phenoxy) is 1. The van der Waals surface area contributed by atoms with Crippen molar-refractivity contribution in [1.29, 1.82) is 0 Å². The van der Waals surface area contributed by atoms with Crippen LogP contribution in [0.1, 0.15) is 25.0 Å². The molecular weight excluding hydrogens is 259 g/mol. The van der Waals surface area contributed by atoms with Gasteiger partial charge in [-0.15, -0.1) is 0 Å². The van der Waals surface area contributed by atoms with E-state index < -0.39 is 0 Å². The molecule has 1 atom stereocenters. The highest BCUT2D eigenvalue weighted by Crippen LogP contribution is 2.22. The fourth-order valence-electron chi connectivity index (χ4n) is 2.29. The third-order valence-corrected chi connectivity index (χ3v) is 3.43. The van der Waals surface area contributed by atoms with E-state index in [2.05, 4.69) is 5.32 Å². The van der Waals surface area contributed by atoms with Gasteiger partial charge in [0.15, 0.2) is 0 Å². The summed E-state index contributed by atoms with van der Waals surface area (Å²) in [6.07, 6.45) is 0.344. The molecule has 1 heterocycles. The zero-order valence-corrected chi connectivity index (χ0v) is 11.8. The molecule has 1 amide bonds. The summed E-state index contributed by atoms with van der Waals surface area (Å²) in [5, 5.41) is 3.15. The topological polar surface area (TPSA) is 41.6 Å². The van der Waals surface area contributed by atoms with Crippen molar-refractivity contribution >= 4 is 5.91 Å². The second-order valence-corrected chi connectivity index (χ2v) is 4.85. The molecule has 1 saturated heterocycles. The Morgan fingerprint density at radius 3 is 2.90 bits per heavy atom. The fourth-order valence-corrected chi connectivity index (χ4v) is 2.29.